The highest BCUT2D eigenvalue weighted by Crippen LogP contribution is 2.20. The number of fused-ring (bicyclic) bond motifs is 1. The van der Waals surface area contributed by atoms with Crippen molar-refractivity contribution in [3.8, 4) is 0 Å². The first kappa shape index (κ1) is 8.05. The number of carbonyl (C=O) groups is 1. The van der Waals surface area contributed by atoms with Crippen LogP contribution in [0.3, 0.4) is 0 Å². The molecule has 2 aromatic rings. The van der Waals surface area contributed by atoms with Gasteiger partial charge >= 0.3 is 0 Å². The van der Waals surface area contributed by atoms with E-state index in [0.29, 0.717) is 6.42 Å². The molecule has 2 rings (SSSR count). The lowest BCUT2D eigenvalue weighted by Gasteiger charge is -1.92. The van der Waals surface area contributed by atoms with Crippen LogP contribution in [0, 0.1) is 6.92 Å². The summed E-state index contributed by atoms with van der Waals surface area (Å²) in [5.41, 5.74) is 1.92. The van der Waals surface area contributed by atoms with Gasteiger partial charge in [0.2, 0.25) is 6.41 Å². The van der Waals surface area contributed by atoms with Gasteiger partial charge in [0.05, 0.1) is 5.52 Å². The van der Waals surface area contributed by atoms with Crippen LogP contribution in [-0.4, -0.2) is 11.0 Å². The van der Waals surface area contributed by atoms with E-state index in [-0.39, 0.29) is 0 Å². The molecular formula is C11H9NO. The van der Waals surface area contributed by atoms with Crippen molar-refractivity contribution in [3.05, 3.63) is 42.9 Å². The Morgan fingerprint density at radius 3 is 2.85 bits per heavy atom. The molecule has 64 valence electrons. The zero-order chi connectivity index (χ0) is 9.26. The lowest BCUT2D eigenvalue weighted by atomic mass is 10.1. The zero-order valence-electron chi connectivity index (χ0n) is 7.10. The first-order chi connectivity index (χ1) is 6.36. The summed E-state index contributed by atoms with van der Waals surface area (Å²) >= 11 is 0. The average Bonchev–Trinajstić information content (AvgIpc) is 2.56. The van der Waals surface area contributed by atoms with Gasteiger partial charge in [-0.3, -0.25) is 9.36 Å². The molecule has 0 saturated carbocycles. The number of benzene rings is 1. The van der Waals surface area contributed by atoms with Gasteiger partial charge in [-0.2, -0.15) is 0 Å². The molecule has 2 radical (unpaired) electrons. The van der Waals surface area contributed by atoms with Crippen LogP contribution in [0.5, 0.6) is 0 Å². The molecule has 0 spiro atoms. The number of hydrogen-bond donors (Lipinski definition) is 0. The van der Waals surface area contributed by atoms with Crippen molar-refractivity contribution >= 4 is 17.3 Å². The standard InChI is InChI=1S/C11H9NO/c1-2-9-7-12(8-13)11-6-4-3-5-10(9)11/h1,3-8H,2H2. The second-order valence-corrected chi connectivity index (χ2v) is 2.89. The third-order valence-electron chi connectivity index (χ3n) is 2.16. The summed E-state index contributed by atoms with van der Waals surface area (Å²) in [6.07, 6.45) is 3.03. The predicted molar refractivity (Wildman–Crippen MR) is 52.1 cm³/mol. The number of carbonyl (C=O) groups excluding carboxylic acids is 1. The second kappa shape index (κ2) is 3.05. The Hall–Kier alpha value is -1.57. The van der Waals surface area contributed by atoms with Gasteiger partial charge in [-0.05, 0) is 25.0 Å². The lowest BCUT2D eigenvalue weighted by Crippen LogP contribution is -1.90. The molecule has 0 aliphatic heterocycles. The van der Waals surface area contributed by atoms with E-state index in [2.05, 4.69) is 0 Å². The van der Waals surface area contributed by atoms with E-state index in [1.165, 1.54) is 0 Å². The maximum atomic E-state index is 10.7. The maximum Gasteiger partial charge on any atom is 0.218 e. The monoisotopic (exact) mass is 171 g/mol. The molecule has 0 aliphatic rings. The fourth-order valence-corrected chi connectivity index (χ4v) is 1.53. The molecule has 0 saturated heterocycles. The van der Waals surface area contributed by atoms with Crippen LogP contribution in [0.4, 0.5) is 0 Å². The molecule has 0 N–H and O–H groups in total. The number of para-hydroxylation sites is 1. The smallest absolute Gasteiger partial charge is 0.218 e. The van der Waals surface area contributed by atoms with Crippen LogP contribution in [0.1, 0.15) is 5.56 Å². The van der Waals surface area contributed by atoms with Crippen molar-refractivity contribution in [3.63, 3.8) is 0 Å². The maximum absolute atomic E-state index is 10.7. The molecular weight excluding hydrogens is 162 g/mol. The van der Waals surface area contributed by atoms with E-state index in [9.17, 15) is 4.79 Å². The molecule has 0 atom stereocenters. The fourth-order valence-electron chi connectivity index (χ4n) is 1.53. The van der Waals surface area contributed by atoms with Gasteiger partial charge in [0.15, 0.2) is 0 Å². The molecule has 0 amide bonds. The molecule has 1 aromatic heterocycles. The Morgan fingerprint density at radius 2 is 2.15 bits per heavy atom. The normalized spacial score (nSPS) is 10.5. The summed E-state index contributed by atoms with van der Waals surface area (Å²) in [7, 11) is 0. The van der Waals surface area contributed by atoms with Gasteiger partial charge in [-0.1, -0.05) is 18.2 Å². The highest BCUT2D eigenvalue weighted by Gasteiger charge is 2.04. The Morgan fingerprint density at radius 1 is 1.38 bits per heavy atom. The van der Waals surface area contributed by atoms with Crippen molar-refractivity contribution in [1.82, 2.24) is 4.57 Å². The number of rotatable bonds is 2. The van der Waals surface area contributed by atoms with E-state index < -0.39 is 0 Å². The van der Waals surface area contributed by atoms with E-state index in [1.54, 1.807) is 10.8 Å². The summed E-state index contributed by atoms with van der Waals surface area (Å²) < 4.78 is 1.55. The Labute approximate surface area is 76.8 Å². The largest absolute Gasteiger partial charge is 0.290 e. The van der Waals surface area contributed by atoms with Gasteiger partial charge < -0.3 is 0 Å². The number of aromatic nitrogens is 1. The van der Waals surface area contributed by atoms with Crippen LogP contribution in [0.15, 0.2) is 30.5 Å². The fraction of sp³-hybridized carbons (Fsp3) is 0.0909. The molecule has 2 nitrogen and oxygen atoms in total. The van der Waals surface area contributed by atoms with Crippen molar-refractivity contribution in [2.24, 2.45) is 0 Å². The van der Waals surface area contributed by atoms with Gasteiger partial charge in [-0.25, -0.2) is 0 Å². The van der Waals surface area contributed by atoms with Crippen molar-refractivity contribution in [2.45, 2.75) is 6.42 Å². The van der Waals surface area contributed by atoms with Crippen LogP contribution in [0.2, 0.25) is 0 Å². The summed E-state index contributed by atoms with van der Waals surface area (Å²) in [6.45, 7) is 5.55. The quantitative estimate of drug-likeness (QED) is 0.633. The molecule has 0 bridgehead atoms. The average molecular weight is 171 g/mol. The minimum atomic E-state index is 0.460. The highest BCUT2D eigenvalue weighted by molar-refractivity contribution is 5.88. The van der Waals surface area contributed by atoms with Gasteiger partial charge in [0, 0.05) is 11.6 Å². The molecule has 0 aliphatic carbocycles. The molecule has 2 heteroatoms. The van der Waals surface area contributed by atoms with Crippen LogP contribution >= 0.6 is 0 Å². The summed E-state index contributed by atoms with van der Waals surface area (Å²) in [6, 6.07) is 7.72. The SMILES string of the molecule is [CH]Cc1cn(C=O)c2ccccc12. The molecule has 1 heterocycles. The molecule has 0 unspecified atom stereocenters. The van der Waals surface area contributed by atoms with Gasteiger partial charge in [0.1, 0.15) is 0 Å². The third kappa shape index (κ3) is 1.15. The van der Waals surface area contributed by atoms with E-state index >= 15 is 0 Å². The van der Waals surface area contributed by atoms with E-state index in [4.69, 9.17) is 6.92 Å². The summed E-state index contributed by atoms with van der Waals surface area (Å²) in [4.78, 5) is 10.7. The molecule has 13 heavy (non-hydrogen) atoms. The van der Waals surface area contributed by atoms with Crippen molar-refractivity contribution in [2.75, 3.05) is 0 Å². The van der Waals surface area contributed by atoms with Gasteiger partial charge in [-0.15, -0.1) is 0 Å². The van der Waals surface area contributed by atoms with Crippen molar-refractivity contribution in [1.29, 1.82) is 0 Å². The predicted octanol–water partition coefficient (Wildman–Crippen LogP) is 1.93. The summed E-state index contributed by atoms with van der Waals surface area (Å²) in [5, 5.41) is 1.05. The topological polar surface area (TPSA) is 22.0 Å². The Balaban J connectivity index is 2.81. The lowest BCUT2D eigenvalue weighted by molar-refractivity contribution is 0.549. The number of hydrogen-bond acceptors (Lipinski definition) is 1. The van der Waals surface area contributed by atoms with Crippen LogP contribution in [0.25, 0.3) is 10.9 Å². The van der Waals surface area contributed by atoms with Crippen molar-refractivity contribution < 1.29 is 4.79 Å². The molecule has 0 fully saturated rings. The minimum Gasteiger partial charge on any atom is -0.290 e. The second-order valence-electron chi connectivity index (χ2n) is 2.89. The minimum absolute atomic E-state index is 0.460. The van der Waals surface area contributed by atoms with Crippen LogP contribution in [-0.2, 0) is 11.2 Å². The first-order valence-corrected chi connectivity index (χ1v) is 4.10. The Kier molecular flexibility index (Phi) is 1.89. The number of nitrogens with zero attached hydrogens (tertiary/aromatic N) is 1. The van der Waals surface area contributed by atoms with E-state index in [0.717, 1.165) is 22.9 Å². The van der Waals surface area contributed by atoms with Gasteiger partial charge in [0.25, 0.3) is 0 Å². The first-order valence-electron chi connectivity index (χ1n) is 4.10. The summed E-state index contributed by atoms with van der Waals surface area (Å²) in [5.74, 6) is 0. The van der Waals surface area contributed by atoms with Crippen LogP contribution < -0.4 is 0 Å². The van der Waals surface area contributed by atoms with E-state index in [1.807, 2.05) is 24.3 Å². The Bertz CT molecular complexity index is 442. The zero-order valence-corrected chi connectivity index (χ0v) is 7.10. The third-order valence-corrected chi connectivity index (χ3v) is 2.16. The highest BCUT2D eigenvalue weighted by atomic mass is 16.1. The molecule has 1 aromatic carbocycles.